The molecule has 1 aromatic heterocycles. The van der Waals surface area contributed by atoms with Crippen LogP contribution < -0.4 is 10.2 Å². The van der Waals surface area contributed by atoms with E-state index in [4.69, 9.17) is 4.74 Å². The maximum Gasteiger partial charge on any atom is 0.275 e. The molecule has 0 bridgehead atoms. The summed E-state index contributed by atoms with van der Waals surface area (Å²) in [7, 11) is 1.52. The second kappa shape index (κ2) is 6.47. The van der Waals surface area contributed by atoms with Crippen molar-refractivity contribution in [3.8, 4) is 5.75 Å². The zero-order chi connectivity index (χ0) is 14.4. The fourth-order valence-electron chi connectivity index (χ4n) is 1.69. The number of carbonyl (C=O) groups excluding carboxylic acids is 1. The van der Waals surface area contributed by atoms with Crippen molar-refractivity contribution < 1.29 is 9.53 Å². The van der Waals surface area contributed by atoms with E-state index in [1.54, 1.807) is 24.3 Å². The number of aryl methyl sites for hydroxylation is 1. The highest BCUT2D eigenvalue weighted by molar-refractivity contribution is 5.97. The normalized spacial score (nSPS) is 10.5. The molecular formula is C15H15N3O2. The summed E-state index contributed by atoms with van der Waals surface area (Å²) in [5, 5.41) is 3.89. The Bertz CT molecular complexity index is 639. The highest BCUT2D eigenvalue weighted by atomic mass is 16.5. The SMILES string of the molecule is COc1ccccc1C(=O)N/N=C\c1cccc(C)n1. The van der Waals surface area contributed by atoms with E-state index < -0.39 is 0 Å². The molecule has 1 heterocycles. The monoisotopic (exact) mass is 269 g/mol. The van der Waals surface area contributed by atoms with Crippen LogP contribution in [0.5, 0.6) is 5.75 Å². The van der Waals surface area contributed by atoms with Gasteiger partial charge in [-0.2, -0.15) is 5.10 Å². The molecule has 1 amide bonds. The smallest absolute Gasteiger partial charge is 0.275 e. The van der Waals surface area contributed by atoms with E-state index >= 15 is 0 Å². The fourth-order valence-corrected chi connectivity index (χ4v) is 1.69. The summed E-state index contributed by atoms with van der Waals surface area (Å²) in [4.78, 5) is 16.2. The topological polar surface area (TPSA) is 63.6 Å². The lowest BCUT2D eigenvalue weighted by atomic mass is 10.2. The van der Waals surface area contributed by atoms with Gasteiger partial charge in [-0.15, -0.1) is 0 Å². The Hall–Kier alpha value is -2.69. The summed E-state index contributed by atoms with van der Waals surface area (Å²) in [5.41, 5.74) is 4.47. The van der Waals surface area contributed by atoms with Gasteiger partial charge in [-0.25, -0.2) is 5.43 Å². The Morgan fingerprint density at radius 1 is 1.25 bits per heavy atom. The second-order valence-corrected chi connectivity index (χ2v) is 4.10. The van der Waals surface area contributed by atoms with E-state index in [0.717, 1.165) is 5.69 Å². The predicted molar refractivity (Wildman–Crippen MR) is 77.0 cm³/mol. The molecule has 2 rings (SSSR count). The molecule has 1 N–H and O–H groups in total. The van der Waals surface area contributed by atoms with Crippen LogP contribution in [0.25, 0.3) is 0 Å². The minimum Gasteiger partial charge on any atom is -0.496 e. The molecule has 5 nitrogen and oxygen atoms in total. The van der Waals surface area contributed by atoms with E-state index in [2.05, 4.69) is 15.5 Å². The van der Waals surface area contributed by atoms with Crippen molar-refractivity contribution in [1.82, 2.24) is 10.4 Å². The Kier molecular flexibility index (Phi) is 4.44. The van der Waals surface area contributed by atoms with Gasteiger partial charge in [0.1, 0.15) is 5.75 Å². The van der Waals surface area contributed by atoms with Crippen molar-refractivity contribution in [2.24, 2.45) is 5.10 Å². The first kappa shape index (κ1) is 13.7. The highest BCUT2D eigenvalue weighted by Crippen LogP contribution is 2.16. The summed E-state index contributed by atoms with van der Waals surface area (Å²) in [5.74, 6) is 0.181. The summed E-state index contributed by atoms with van der Waals surface area (Å²) >= 11 is 0. The Morgan fingerprint density at radius 3 is 2.80 bits per heavy atom. The number of hydrazone groups is 1. The lowest BCUT2D eigenvalue weighted by Crippen LogP contribution is -2.18. The fraction of sp³-hybridized carbons (Fsp3) is 0.133. The molecule has 0 fully saturated rings. The van der Waals surface area contributed by atoms with Gasteiger partial charge in [-0.3, -0.25) is 9.78 Å². The van der Waals surface area contributed by atoms with Gasteiger partial charge in [0, 0.05) is 5.69 Å². The van der Waals surface area contributed by atoms with Gasteiger partial charge in [-0.05, 0) is 31.2 Å². The van der Waals surface area contributed by atoms with Gasteiger partial charge in [-0.1, -0.05) is 18.2 Å². The van der Waals surface area contributed by atoms with E-state index in [9.17, 15) is 4.79 Å². The van der Waals surface area contributed by atoms with Crippen LogP contribution in [0.2, 0.25) is 0 Å². The number of ether oxygens (including phenoxy) is 1. The third-order valence-electron chi connectivity index (χ3n) is 2.62. The molecule has 0 atom stereocenters. The van der Waals surface area contributed by atoms with Crippen LogP contribution in [0.3, 0.4) is 0 Å². The molecule has 1 aromatic carbocycles. The van der Waals surface area contributed by atoms with Crippen molar-refractivity contribution in [2.75, 3.05) is 7.11 Å². The number of methoxy groups -OCH3 is 1. The third kappa shape index (κ3) is 3.41. The Morgan fingerprint density at radius 2 is 2.05 bits per heavy atom. The number of nitrogens with one attached hydrogen (secondary N) is 1. The van der Waals surface area contributed by atoms with Crippen LogP contribution >= 0.6 is 0 Å². The molecular weight excluding hydrogens is 254 g/mol. The number of nitrogens with zero attached hydrogens (tertiary/aromatic N) is 2. The third-order valence-corrected chi connectivity index (χ3v) is 2.62. The van der Waals surface area contributed by atoms with Crippen molar-refractivity contribution in [3.63, 3.8) is 0 Å². The predicted octanol–water partition coefficient (Wildman–Crippen LogP) is 2.16. The van der Waals surface area contributed by atoms with Gasteiger partial charge in [0.05, 0.1) is 24.6 Å². The van der Waals surface area contributed by atoms with Crippen LogP contribution in [0, 0.1) is 6.92 Å². The van der Waals surface area contributed by atoms with E-state index in [1.165, 1.54) is 13.3 Å². The van der Waals surface area contributed by atoms with Crippen molar-refractivity contribution in [2.45, 2.75) is 6.92 Å². The minimum atomic E-state index is -0.327. The first-order valence-electron chi connectivity index (χ1n) is 6.11. The summed E-state index contributed by atoms with van der Waals surface area (Å²) in [6, 6.07) is 12.6. The molecule has 0 unspecified atom stereocenters. The molecule has 5 heteroatoms. The van der Waals surface area contributed by atoms with E-state index in [0.29, 0.717) is 17.0 Å². The zero-order valence-electron chi connectivity index (χ0n) is 11.3. The van der Waals surface area contributed by atoms with Crippen molar-refractivity contribution in [3.05, 3.63) is 59.4 Å². The molecule has 0 aliphatic heterocycles. The molecule has 0 aliphatic carbocycles. The van der Waals surface area contributed by atoms with Crippen LogP contribution in [-0.4, -0.2) is 24.2 Å². The Balaban J connectivity index is 2.05. The van der Waals surface area contributed by atoms with Crippen molar-refractivity contribution >= 4 is 12.1 Å². The Labute approximate surface area is 117 Å². The number of hydrogen-bond acceptors (Lipinski definition) is 4. The number of hydrogen-bond donors (Lipinski definition) is 1. The number of rotatable bonds is 4. The average Bonchev–Trinajstić information content (AvgIpc) is 2.47. The number of benzene rings is 1. The number of carbonyl (C=O) groups is 1. The zero-order valence-corrected chi connectivity index (χ0v) is 11.3. The maximum absolute atomic E-state index is 12.0. The van der Waals surface area contributed by atoms with Gasteiger partial charge >= 0.3 is 0 Å². The molecule has 0 radical (unpaired) electrons. The molecule has 0 spiro atoms. The molecule has 0 saturated carbocycles. The van der Waals surface area contributed by atoms with E-state index in [-0.39, 0.29) is 5.91 Å². The number of aromatic nitrogens is 1. The molecule has 102 valence electrons. The largest absolute Gasteiger partial charge is 0.496 e. The standard InChI is InChI=1S/C15H15N3O2/c1-11-6-5-7-12(17-11)10-16-18-15(19)13-8-3-4-9-14(13)20-2/h3-10H,1-2H3,(H,18,19)/b16-10-. The molecule has 0 aliphatic rings. The minimum absolute atomic E-state index is 0.327. The summed E-state index contributed by atoms with van der Waals surface area (Å²) in [6.07, 6.45) is 1.50. The second-order valence-electron chi connectivity index (χ2n) is 4.10. The molecule has 20 heavy (non-hydrogen) atoms. The number of para-hydroxylation sites is 1. The van der Waals surface area contributed by atoms with Gasteiger partial charge in [0.25, 0.3) is 5.91 Å². The molecule has 0 saturated heterocycles. The van der Waals surface area contributed by atoms with Crippen LogP contribution in [-0.2, 0) is 0 Å². The highest BCUT2D eigenvalue weighted by Gasteiger charge is 2.09. The van der Waals surface area contributed by atoms with Gasteiger partial charge < -0.3 is 4.74 Å². The van der Waals surface area contributed by atoms with Crippen LogP contribution in [0.1, 0.15) is 21.7 Å². The van der Waals surface area contributed by atoms with Crippen LogP contribution in [0.15, 0.2) is 47.6 Å². The number of amides is 1. The number of pyridine rings is 1. The maximum atomic E-state index is 12.0. The lowest BCUT2D eigenvalue weighted by Gasteiger charge is -2.05. The summed E-state index contributed by atoms with van der Waals surface area (Å²) < 4.78 is 5.12. The quantitative estimate of drug-likeness (QED) is 0.683. The van der Waals surface area contributed by atoms with Gasteiger partial charge in [0.15, 0.2) is 0 Å². The van der Waals surface area contributed by atoms with Crippen LogP contribution in [0.4, 0.5) is 0 Å². The average molecular weight is 269 g/mol. The lowest BCUT2D eigenvalue weighted by molar-refractivity contribution is 0.0952. The van der Waals surface area contributed by atoms with E-state index in [1.807, 2.05) is 25.1 Å². The first-order valence-corrected chi connectivity index (χ1v) is 6.11. The summed E-state index contributed by atoms with van der Waals surface area (Å²) in [6.45, 7) is 1.89. The first-order chi connectivity index (χ1) is 9.70. The van der Waals surface area contributed by atoms with Crippen molar-refractivity contribution in [1.29, 1.82) is 0 Å². The molecule has 2 aromatic rings. The van der Waals surface area contributed by atoms with Gasteiger partial charge in [0.2, 0.25) is 0 Å².